The summed E-state index contributed by atoms with van der Waals surface area (Å²) >= 11 is 0. The first-order valence-electron chi connectivity index (χ1n) is 6.58. The third-order valence-electron chi connectivity index (χ3n) is 4.02. The summed E-state index contributed by atoms with van der Waals surface area (Å²) in [6.07, 6.45) is 3.52. The van der Waals surface area contributed by atoms with Crippen LogP contribution in [0.15, 0.2) is 0 Å². The van der Waals surface area contributed by atoms with Crippen molar-refractivity contribution in [3.05, 3.63) is 0 Å². The van der Waals surface area contributed by atoms with Crippen molar-refractivity contribution < 1.29 is 17.9 Å². The molecule has 1 saturated carbocycles. The minimum Gasteiger partial charge on any atom is -0.381 e. The molecule has 0 unspecified atom stereocenters. The van der Waals surface area contributed by atoms with Crippen LogP contribution < -0.4 is 0 Å². The predicted molar refractivity (Wildman–Crippen MR) is 67.8 cm³/mol. The summed E-state index contributed by atoms with van der Waals surface area (Å²) < 4.78 is 31.6. The van der Waals surface area contributed by atoms with Crippen LogP contribution in [0.4, 0.5) is 0 Å². The van der Waals surface area contributed by atoms with E-state index in [1.807, 2.05) is 0 Å². The maximum atomic E-state index is 12.5. The Hall–Kier alpha value is -0.460. The average molecular weight is 275 g/mol. The number of sulfonamides is 1. The van der Waals surface area contributed by atoms with Gasteiger partial charge in [0.25, 0.3) is 0 Å². The van der Waals surface area contributed by atoms with Crippen LogP contribution in [-0.4, -0.2) is 50.1 Å². The van der Waals surface area contributed by atoms with Gasteiger partial charge in [0.15, 0.2) is 0 Å². The van der Waals surface area contributed by atoms with Crippen molar-refractivity contribution in [1.29, 1.82) is 0 Å². The van der Waals surface area contributed by atoms with Crippen LogP contribution in [0, 0.1) is 0 Å². The van der Waals surface area contributed by atoms with Crippen molar-refractivity contribution in [1.82, 2.24) is 4.31 Å². The molecule has 2 rings (SSSR count). The molecule has 5 nitrogen and oxygen atoms in total. The summed E-state index contributed by atoms with van der Waals surface area (Å²) in [5.74, 6) is 0.253. The Balaban J connectivity index is 2.02. The quantitative estimate of drug-likeness (QED) is 0.769. The van der Waals surface area contributed by atoms with Crippen LogP contribution in [0.1, 0.15) is 38.5 Å². The number of ketones is 1. The third-order valence-corrected chi connectivity index (χ3v) is 6.43. The number of carbonyl (C=O) groups excluding carboxylic acids is 1. The number of carbonyl (C=O) groups is 1. The van der Waals surface area contributed by atoms with E-state index in [4.69, 9.17) is 4.74 Å². The minimum absolute atomic E-state index is 0.00413. The van der Waals surface area contributed by atoms with Crippen LogP contribution in [0.5, 0.6) is 0 Å². The lowest BCUT2D eigenvalue weighted by molar-refractivity contribution is -0.120. The summed E-state index contributed by atoms with van der Waals surface area (Å²) in [7, 11) is -1.58. The van der Waals surface area contributed by atoms with E-state index in [-0.39, 0.29) is 17.1 Å². The molecule has 2 fully saturated rings. The summed E-state index contributed by atoms with van der Waals surface area (Å²) in [4.78, 5) is 11.2. The summed E-state index contributed by atoms with van der Waals surface area (Å²) in [6.45, 7) is 1.06. The number of ether oxygens (including phenoxy) is 1. The fraction of sp³-hybridized carbons (Fsp3) is 0.917. The van der Waals surface area contributed by atoms with Gasteiger partial charge in [0.05, 0.1) is 5.25 Å². The topological polar surface area (TPSA) is 63.7 Å². The van der Waals surface area contributed by atoms with E-state index in [1.54, 1.807) is 7.05 Å². The SMILES string of the molecule is CN(C1CCC(=O)CC1)S(=O)(=O)C1CCOCC1. The van der Waals surface area contributed by atoms with Gasteiger partial charge >= 0.3 is 0 Å². The van der Waals surface area contributed by atoms with Gasteiger partial charge in [-0.1, -0.05) is 0 Å². The second kappa shape index (κ2) is 5.67. The van der Waals surface area contributed by atoms with Crippen molar-refractivity contribution in [2.24, 2.45) is 0 Å². The summed E-state index contributed by atoms with van der Waals surface area (Å²) in [5, 5.41) is -0.311. The molecular weight excluding hydrogens is 254 g/mol. The molecule has 18 heavy (non-hydrogen) atoms. The van der Waals surface area contributed by atoms with E-state index >= 15 is 0 Å². The monoisotopic (exact) mass is 275 g/mol. The van der Waals surface area contributed by atoms with Crippen molar-refractivity contribution in [3.8, 4) is 0 Å². The number of rotatable bonds is 3. The maximum absolute atomic E-state index is 12.5. The minimum atomic E-state index is -3.24. The molecule has 6 heteroatoms. The van der Waals surface area contributed by atoms with Crippen molar-refractivity contribution in [3.63, 3.8) is 0 Å². The average Bonchev–Trinajstić information content (AvgIpc) is 2.40. The molecule has 1 aliphatic heterocycles. The van der Waals surface area contributed by atoms with Crippen LogP contribution in [0.2, 0.25) is 0 Å². The molecule has 1 heterocycles. The van der Waals surface area contributed by atoms with Gasteiger partial charge in [-0.25, -0.2) is 12.7 Å². The summed E-state index contributed by atoms with van der Waals surface area (Å²) in [5.41, 5.74) is 0. The molecule has 1 aliphatic carbocycles. The van der Waals surface area contributed by atoms with Crippen molar-refractivity contribution in [2.45, 2.75) is 49.8 Å². The predicted octanol–water partition coefficient (Wildman–Crippen LogP) is 0.939. The first kappa shape index (κ1) is 14.0. The Bertz CT molecular complexity index is 390. The van der Waals surface area contributed by atoms with Gasteiger partial charge in [-0.05, 0) is 25.7 Å². The molecule has 0 aromatic rings. The first-order chi connectivity index (χ1) is 8.51. The zero-order valence-corrected chi connectivity index (χ0v) is 11.6. The lowest BCUT2D eigenvalue weighted by Gasteiger charge is -2.34. The maximum Gasteiger partial charge on any atom is 0.217 e. The molecule has 1 saturated heterocycles. The molecule has 0 amide bonds. The molecular formula is C12H21NO4S. The second-order valence-electron chi connectivity index (χ2n) is 5.14. The van der Waals surface area contributed by atoms with E-state index in [0.717, 1.165) is 0 Å². The van der Waals surface area contributed by atoms with E-state index in [9.17, 15) is 13.2 Å². The molecule has 0 aromatic carbocycles. The first-order valence-corrected chi connectivity index (χ1v) is 8.08. The van der Waals surface area contributed by atoms with Crippen LogP contribution in [0.3, 0.4) is 0 Å². The van der Waals surface area contributed by atoms with E-state index < -0.39 is 10.0 Å². The fourth-order valence-electron chi connectivity index (χ4n) is 2.70. The molecule has 0 bridgehead atoms. The van der Waals surface area contributed by atoms with E-state index in [2.05, 4.69) is 0 Å². The molecule has 0 N–H and O–H groups in total. The van der Waals surface area contributed by atoms with E-state index in [0.29, 0.717) is 51.7 Å². The van der Waals surface area contributed by atoms with Crippen molar-refractivity contribution >= 4 is 15.8 Å². The molecule has 0 atom stereocenters. The summed E-state index contributed by atoms with van der Waals surface area (Å²) in [6, 6.07) is -0.00413. The highest BCUT2D eigenvalue weighted by molar-refractivity contribution is 7.89. The van der Waals surface area contributed by atoms with Crippen LogP contribution in [0.25, 0.3) is 0 Å². The second-order valence-corrected chi connectivity index (χ2v) is 7.42. The molecule has 2 aliphatic rings. The highest BCUT2D eigenvalue weighted by Crippen LogP contribution is 2.26. The highest BCUT2D eigenvalue weighted by atomic mass is 32.2. The normalized spacial score (nSPS) is 24.7. The largest absolute Gasteiger partial charge is 0.381 e. The fourth-order valence-corrected chi connectivity index (χ4v) is 4.59. The Morgan fingerprint density at radius 2 is 1.67 bits per heavy atom. The smallest absolute Gasteiger partial charge is 0.217 e. The van der Waals surface area contributed by atoms with Crippen LogP contribution >= 0.6 is 0 Å². The van der Waals surface area contributed by atoms with Gasteiger partial charge in [0, 0.05) is 39.1 Å². The van der Waals surface area contributed by atoms with Crippen LogP contribution in [-0.2, 0) is 19.6 Å². The van der Waals surface area contributed by atoms with Gasteiger partial charge in [0.2, 0.25) is 10.0 Å². The number of hydrogen-bond acceptors (Lipinski definition) is 4. The Morgan fingerprint density at radius 3 is 2.22 bits per heavy atom. The molecule has 0 aromatic heterocycles. The van der Waals surface area contributed by atoms with Gasteiger partial charge in [-0.2, -0.15) is 0 Å². The zero-order valence-electron chi connectivity index (χ0n) is 10.8. The number of hydrogen-bond donors (Lipinski definition) is 0. The highest BCUT2D eigenvalue weighted by Gasteiger charge is 2.36. The standard InChI is InChI=1S/C12H21NO4S/c1-13(10-2-4-11(14)5-3-10)18(15,16)12-6-8-17-9-7-12/h10,12H,2-9H2,1H3. The van der Waals surface area contributed by atoms with Gasteiger partial charge in [-0.15, -0.1) is 0 Å². The van der Waals surface area contributed by atoms with Gasteiger partial charge < -0.3 is 4.74 Å². The Labute approximate surface area is 109 Å². The van der Waals surface area contributed by atoms with Gasteiger partial charge in [0.1, 0.15) is 5.78 Å². The van der Waals surface area contributed by atoms with Gasteiger partial charge in [-0.3, -0.25) is 4.79 Å². The zero-order chi connectivity index (χ0) is 13.2. The number of nitrogens with zero attached hydrogens (tertiary/aromatic N) is 1. The lowest BCUT2D eigenvalue weighted by Crippen LogP contribution is -2.45. The van der Waals surface area contributed by atoms with E-state index in [1.165, 1.54) is 4.31 Å². The third kappa shape index (κ3) is 2.92. The molecule has 104 valence electrons. The Kier molecular flexibility index (Phi) is 4.40. The molecule has 0 spiro atoms. The lowest BCUT2D eigenvalue weighted by atomic mass is 9.95. The Morgan fingerprint density at radius 1 is 1.11 bits per heavy atom. The molecule has 0 radical (unpaired) electrons. The van der Waals surface area contributed by atoms with Crippen molar-refractivity contribution in [2.75, 3.05) is 20.3 Å². The number of Topliss-reactive ketones (excluding diaryl/α,β-unsaturated/α-hetero) is 1.